The maximum atomic E-state index is 12.5. The van der Waals surface area contributed by atoms with E-state index in [1.165, 1.54) is 18.3 Å². The molecule has 12 nitrogen and oxygen atoms in total. The minimum Gasteiger partial charge on any atom is -0.352 e. The summed E-state index contributed by atoms with van der Waals surface area (Å²) in [7, 11) is 0. The van der Waals surface area contributed by atoms with Crippen LogP contribution in [0.15, 0.2) is 45.2 Å². The first-order chi connectivity index (χ1) is 14.9. The Morgan fingerprint density at radius 2 is 2.00 bits per heavy atom. The van der Waals surface area contributed by atoms with Gasteiger partial charge in [0, 0.05) is 24.5 Å². The van der Waals surface area contributed by atoms with Crippen molar-refractivity contribution in [2.45, 2.75) is 38.3 Å². The van der Waals surface area contributed by atoms with Crippen LogP contribution in [-0.4, -0.2) is 38.6 Å². The molecule has 1 saturated heterocycles. The molecule has 0 bridgehead atoms. The highest BCUT2D eigenvalue weighted by Gasteiger charge is 2.42. The predicted molar refractivity (Wildman–Crippen MR) is 100 cm³/mol. The van der Waals surface area contributed by atoms with E-state index in [1.54, 1.807) is 12.1 Å². The van der Waals surface area contributed by atoms with Gasteiger partial charge in [-0.05, 0) is 24.6 Å². The van der Waals surface area contributed by atoms with Crippen molar-refractivity contribution < 1.29 is 20.5 Å². The Morgan fingerprint density at radius 3 is 2.63 bits per heavy atom. The average molecular weight is 413 g/mol. The summed E-state index contributed by atoms with van der Waals surface area (Å²) in [4.78, 5) is 59.6. The normalized spacial score (nSPS) is 23.3. The van der Waals surface area contributed by atoms with Gasteiger partial charge in [0.15, 0.2) is 0 Å². The lowest BCUT2D eigenvalue weighted by molar-refractivity contribution is -0.146. The van der Waals surface area contributed by atoms with Crippen LogP contribution in [0, 0.1) is 0 Å². The predicted octanol–water partition coefficient (Wildman–Crippen LogP) is 1.25. The number of fused-ring (bicyclic) bond motifs is 1. The number of ether oxygens (including phenoxy) is 1. The third-order valence-electron chi connectivity index (χ3n) is 4.83. The summed E-state index contributed by atoms with van der Waals surface area (Å²) in [6.45, 7) is -0.524. The van der Waals surface area contributed by atoms with Crippen molar-refractivity contribution in [1.29, 1.82) is 0 Å². The first kappa shape index (κ1) is 18.3. The average Bonchev–Trinajstić information content (AvgIpc) is 3.28. The highest BCUT2D eigenvalue weighted by atomic mass is 16.7. The first-order valence-corrected chi connectivity index (χ1v) is 8.89. The van der Waals surface area contributed by atoms with Gasteiger partial charge in [0.2, 0.25) is 0 Å². The smallest absolute Gasteiger partial charge is 0.330 e. The molecule has 1 unspecified atom stereocenters. The van der Waals surface area contributed by atoms with Crippen molar-refractivity contribution in [3.8, 4) is 0 Å². The molecule has 1 aromatic heterocycles. The number of nitrogens with one attached hydrogen (secondary N) is 1. The molecule has 1 N–H and O–H groups in total. The number of aromatic amines is 1. The number of carbonyl (C=O) groups excluding carboxylic acids is 2. The molecule has 0 radical (unpaired) electrons. The molecule has 2 aromatic rings. The molecule has 0 spiro atoms. The second-order valence-corrected chi connectivity index (χ2v) is 6.67. The first-order valence-electron chi connectivity index (χ1n) is 9.59. The van der Waals surface area contributed by atoms with Crippen molar-refractivity contribution in [3.63, 3.8) is 0 Å². The monoisotopic (exact) mass is 413 g/mol. The van der Waals surface area contributed by atoms with Crippen LogP contribution in [0.2, 0.25) is 0 Å². The van der Waals surface area contributed by atoms with Crippen molar-refractivity contribution >= 4 is 11.8 Å². The summed E-state index contributed by atoms with van der Waals surface area (Å²) < 4.78 is 14.5. The molecule has 0 aliphatic carbocycles. The molecule has 3 atom stereocenters. The third-order valence-corrected chi connectivity index (χ3v) is 4.83. The van der Waals surface area contributed by atoms with Gasteiger partial charge >= 0.3 is 5.69 Å². The largest absolute Gasteiger partial charge is 0.352 e. The number of carbonyl (C=O) groups is 2. The summed E-state index contributed by atoms with van der Waals surface area (Å²) in [5, 5.41) is 3.96. The molecule has 2 aliphatic rings. The fourth-order valence-electron chi connectivity index (χ4n) is 3.35. The van der Waals surface area contributed by atoms with Crippen LogP contribution in [0.1, 0.15) is 47.2 Å². The van der Waals surface area contributed by atoms with Crippen LogP contribution in [0.5, 0.6) is 0 Å². The summed E-state index contributed by atoms with van der Waals surface area (Å²) >= 11 is 0. The number of H-pyrrole nitrogens is 1. The quantitative estimate of drug-likeness (QED) is 0.336. The Kier molecular flexibility index (Phi) is 4.64. The van der Waals surface area contributed by atoms with Gasteiger partial charge in [0.05, 0.1) is 23.8 Å². The maximum absolute atomic E-state index is 12.5. The highest BCUT2D eigenvalue weighted by molar-refractivity contribution is 6.20. The number of azide groups is 1. The van der Waals surface area contributed by atoms with Gasteiger partial charge < -0.3 is 4.74 Å². The van der Waals surface area contributed by atoms with Crippen LogP contribution in [0.3, 0.4) is 0 Å². The molecule has 1 aromatic carbocycles. The van der Waals surface area contributed by atoms with Gasteiger partial charge in [0.25, 0.3) is 17.4 Å². The highest BCUT2D eigenvalue weighted by Crippen LogP contribution is 2.32. The Hall–Kier alpha value is -3.73. The standard InChI is InChI=1S/C18H16N6O6/c1-9-13(30-24-16(26)11-4-2-3-5-12(11)17(24)27)6-14(29-9)23-8-10(7-20-22-19)15(25)21-18(23)28/h2-5,8-9,13-14H,6-7H2,1H3,(H,21,25,28)/t9-,13?,14-/m1/s1/i1D. The van der Waals surface area contributed by atoms with Gasteiger partial charge in [-0.25, -0.2) is 4.79 Å². The summed E-state index contributed by atoms with van der Waals surface area (Å²) in [5.74, 6) is -1.24. The molecule has 3 heterocycles. The lowest BCUT2D eigenvalue weighted by Crippen LogP contribution is -2.37. The van der Waals surface area contributed by atoms with Gasteiger partial charge in [-0.2, -0.15) is 0 Å². The van der Waals surface area contributed by atoms with E-state index in [0.29, 0.717) is 5.06 Å². The summed E-state index contributed by atoms with van der Waals surface area (Å²) in [6.07, 6.45) is -1.39. The Morgan fingerprint density at radius 1 is 1.30 bits per heavy atom. The summed E-state index contributed by atoms with van der Waals surface area (Å²) in [6, 6.07) is 6.29. The van der Waals surface area contributed by atoms with E-state index < -0.39 is 41.5 Å². The topological polar surface area (TPSA) is 159 Å². The lowest BCUT2D eigenvalue weighted by Gasteiger charge is -2.20. The maximum Gasteiger partial charge on any atom is 0.330 e. The van der Waals surface area contributed by atoms with Gasteiger partial charge in [-0.15, -0.1) is 5.06 Å². The van der Waals surface area contributed by atoms with Crippen LogP contribution < -0.4 is 11.2 Å². The lowest BCUT2D eigenvalue weighted by atomic mass is 10.1. The molecule has 4 rings (SSSR count). The van der Waals surface area contributed by atoms with Gasteiger partial charge in [-0.1, -0.05) is 17.2 Å². The SMILES string of the molecule is [2H]C[C@H]1O[C@@H](n2cc(CN=[N+]=[N-])c(=O)[nH]c2=O)CC1ON1C(=O)c2ccccc2C1=O. The number of nitrogens with zero attached hydrogens (tertiary/aromatic N) is 5. The molecule has 1 fully saturated rings. The van der Waals surface area contributed by atoms with Crippen LogP contribution in [0.4, 0.5) is 0 Å². The molecule has 30 heavy (non-hydrogen) atoms. The second-order valence-electron chi connectivity index (χ2n) is 6.67. The van der Waals surface area contributed by atoms with Gasteiger partial charge in [0.1, 0.15) is 12.3 Å². The van der Waals surface area contributed by atoms with E-state index in [0.717, 1.165) is 4.57 Å². The molecular formula is C18H16N6O6. The minimum absolute atomic E-state index is 0.0316. The van der Waals surface area contributed by atoms with E-state index in [9.17, 15) is 19.2 Å². The fraction of sp³-hybridized carbons (Fsp3) is 0.333. The van der Waals surface area contributed by atoms with Crippen LogP contribution in [-0.2, 0) is 16.1 Å². The molecule has 2 aliphatic heterocycles. The number of imide groups is 1. The number of rotatable bonds is 5. The Bertz CT molecular complexity index is 1180. The molecular weight excluding hydrogens is 396 g/mol. The minimum atomic E-state index is -0.926. The summed E-state index contributed by atoms with van der Waals surface area (Å²) in [5.41, 5.74) is 7.48. The number of amides is 2. The van der Waals surface area contributed by atoms with E-state index in [4.69, 9.17) is 16.5 Å². The van der Waals surface area contributed by atoms with E-state index in [2.05, 4.69) is 15.0 Å². The van der Waals surface area contributed by atoms with E-state index in [-0.39, 0.29) is 36.6 Å². The fourth-order valence-corrected chi connectivity index (χ4v) is 3.35. The Balaban J connectivity index is 1.57. The number of hydroxylamine groups is 2. The Labute approximate surface area is 169 Å². The zero-order chi connectivity index (χ0) is 22.1. The van der Waals surface area contributed by atoms with E-state index in [1.807, 2.05) is 0 Å². The van der Waals surface area contributed by atoms with Crippen molar-refractivity contribution in [1.82, 2.24) is 14.6 Å². The van der Waals surface area contributed by atoms with E-state index >= 15 is 0 Å². The van der Waals surface area contributed by atoms with Crippen molar-refractivity contribution in [2.24, 2.45) is 5.11 Å². The molecule has 154 valence electrons. The second kappa shape index (κ2) is 7.59. The van der Waals surface area contributed by atoms with Crippen LogP contribution >= 0.6 is 0 Å². The zero-order valence-electron chi connectivity index (χ0n) is 16.4. The third kappa shape index (κ3) is 3.28. The van der Waals surface area contributed by atoms with Crippen LogP contribution in [0.25, 0.3) is 10.4 Å². The number of aromatic nitrogens is 2. The number of benzene rings is 1. The molecule has 0 saturated carbocycles. The van der Waals surface area contributed by atoms with Gasteiger partial charge in [-0.3, -0.25) is 28.8 Å². The van der Waals surface area contributed by atoms with Crippen molar-refractivity contribution in [2.75, 3.05) is 0 Å². The van der Waals surface area contributed by atoms with Crippen molar-refractivity contribution in [3.05, 3.63) is 78.4 Å². The zero-order valence-corrected chi connectivity index (χ0v) is 15.4. The number of hydrogen-bond donors (Lipinski definition) is 1. The number of hydrogen-bond acceptors (Lipinski definition) is 7. The molecule has 12 heteroatoms. The molecule has 2 amide bonds.